The van der Waals surface area contributed by atoms with Crippen LogP contribution < -0.4 is 10.6 Å². The van der Waals surface area contributed by atoms with Crippen molar-refractivity contribution in [1.29, 1.82) is 0 Å². The molecule has 0 saturated heterocycles. The van der Waals surface area contributed by atoms with Crippen molar-refractivity contribution in [1.82, 2.24) is 15.5 Å². The normalized spacial score (nSPS) is 19.2. The average Bonchev–Trinajstić information content (AvgIpc) is 3.12. The number of benzene rings is 1. The number of carbonyl (C=O) groups excluding carboxylic acids is 2. The summed E-state index contributed by atoms with van der Waals surface area (Å²) in [5.41, 5.74) is 4.17. The number of rotatable bonds is 2. The number of aromatic nitrogens is 2. The average molecular weight is 345 g/mol. The van der Waals surface area contributed by atoms with Crippen molar-refractivity contribution in [3.63, 3.8) is 0 Å². The second-order valence-corrected chi connectivity index (χ2v) is 6.67. The molecule has 1 unspecified atom stereocenters. The fourth-order valence-electron chi connectivity index (χ4n) is 3.41. The molecule has 2 heterocycles. The van der Waals surface area contributed by atoms with Gasteiger partial charge in [-0.15, -0.1) is 0 Å². The van der Waals surface area contributed by atoms with Gasteiger partial charge in [0, 0.05) is 22.0 Å². The minimum absolute atomic E-state index is 0.211. The molecule has 2 aliphatic rings. The first-order valence-corrected chi connectivity index (χ1v) is 8.46. The van der Waals surface area contributed by atoms with Crippen LogP contribution in [0.2, 0.25) is 5.02 Å². The van der Waals surface area contributed by atoms with Crippen molar-refractivity contribution in [3.05, 3.63) is 45.7 Å². The molecule has 6 nitrogen and oxygen atoms in total. The van der Waals surface area contributed by atoms with E-state index in [1.807, 2.05) is 6.07 Å². The molecule has 24 heavy (non-hydrogen) atoms. The van der Waals surface area contributed by atoms with Crippen LogP contribution in [-0.2, 0) is 24.1 Å². The summed E-state index contributed by atoms with van der Waals surface area (Å²) in [7, 11) is 0. The third-order valence-corrected chi connectivity index (χ3v) is 4.91. The molecular weight excluding hydrogens is 328 g/mol. The van der Waals surface area contributed by atoms with Gasteiger partial charge in [-0.25, -0.2) is 0 Å². The van der Waals surface area contributed by atoms with Gasteiger partial charge in [0.1, 0.15) is 6.04 Å². The summed E-state index contributed by atoms with van der Waals surface area (Å²) in [5, 5.41) is 13.4. The van der Waals surface area contributed by atoms with Crippen LogP contribution in [0.25, 0.3) is 0 Å². The van der Waals surface area contributed by atoms with Crippen LogP contribution in [0.15, 0.2) is 18.2 Å². The predicted octanol–water partition coefficient (Wildman–Crippen LogP) is 2.24. The smallest absolute Gasteiger partial charge is 0.272 e. The summed E-state index contributed by atoms with van der Waals surface area (Å²) >= 11 is 6.01. The fraction of sp³-hybridized carbons (Fsp3) is 0.353. The molecule has 7 heteroatoms. The number of H-pyrrole nitrogens is 1. The van der Waals surface area contributed by atoms with Crippen LogP contribution in [-0.4, -0.2) is 28.1 Å². The molecule has 1 aliphatic heterocycles. The molecule has 0 saturated carbocycles. The van der Waals surface area contributed by atoms with E-state index in [-0.39, 0.29) is 11.8 Å². The summed E-state index contributed by atoms with van der Waals surface area (Å²) in [6, 6.07) is 4.80. The number of aryl methyl sites for hydroxylation is 2. The Morgan fingerprint density at radius 1 is 1.29 bits per heavy atom. The predicted molar refractivity (Wildman–Crippen MR) is 90.3 cm³/mol. The maximum absolute atomic E-state index is 12.5. The second kappa shape index (κ2) is 5.94. The maximum Gasteiger partial charge on any atom is 0.272 e. The highest BCUT2D eigenvalue weighted by molar-refractivity contribution is 6.30. The van der Waals surface area contributed by atoms with Gasteiger partial charge in [-0.05, 0) is 55.9 Å². The van der Waals surface area contributed by atoms with E-state index in [1.165, 1.54) is 0 Å². The maximum atomic E-state index is 12.5. The Morgan fingerprint density at radius 3 is 3.04 bits per heavy atom. The highest BCUT2D eigenvalue weighted by atomic mass is 35.5. The van der Waals surface area contributed by atoms with E-state index in [2.05, 4.69) is 20.8 Å². The zero-order valence-electron chi connectivity index (χ0n) is 13.0. The molecule has 2 aromatic rings. The SMILES string of the molecule is O=C(NC1CCc2cc(Cl)ccc2NC1=O)c1n[nH]c2c1CCC2. The lowest BCUT2D eigenvalue weighted by molar-refractivity contribution is -0.118. The van der Waals surface area contributed by atoms with Crippen molar-refractivity contribution in [2.24, 2.45) is 0 Å². The standard InChI is InChI=1S/C17H17ClN4O2/c18-10-5-7-12-9(8-10)4-6-14(16(23)19-12)20-17(24)15-11-2-1-3-13(11)21-22-15/h5,7-8,14H,1-4,6H2,(H,19,23)(H,20,24)(H,21,22). The van der Waals surface area contributed by atoms with Crippen molar-refractivity contribution < 1.29 is 9.59 Å². The Hall–Kier alpha value is -2.34. The molecule has 0 spiro atoms. The van der Waals surface area contributed by atoms with Gasteiger partial charge in [-0.3, -0.25) is 14.7 Å². The number of hydrogen-bond donors (Lipinski definition) is 3. The monoisotopic (exact) mass is 344 g/mol. The molecule has 0 radical (unpaired) electrons. The van der Waals surface area contributed by atoms with Crippen LogP contribution in [0.5, 0.6) is 0 Å². The number of nitrogens with zero attached hydrogens (tertiary/aromatic N) is 1. The van der Waals surface area contributed by atoms with Gasteiger partial charge in [0.2, 0.25) is 5.91 Å². The summed E-state index contributed by atoms with van der Waals surface area (Å²) in [4.78, 5) is 24.9. The summed E-state index contributed by atoms with van der Waals surface area (Å²) in [5.74, 6) is -0.504. The van der Waals surface area contributed by atoms with Crippen LogP contribution >= 0.6 is 11.6 Å². The van der Waals surface area contributed by atoms with Gasteiger partial charge < -0.3 is 10.6 Å². The summed E-state index contributed by atoms with van der Waals surface area (Å²) in [6.07, 6.45) is 4.00. The van der Waals surface area contributed by atoms with Gasteiger partial charge in [-0.2, -0.15) is 5.10 Å². The minimum atomic E-state index is -0.586. The van der Waals surface area contributed by atoms with E-state index in [0.29, 0.717) is 23.6 Å². The van der Waals surface area contributed by atoms with Crippen LogP contribution in [0.4, 0.5) is 5.69 Å². The van der Waals surface area contributed by atoms with Crippen LogP contribution in [0.3, 0.4) is 0 Å². The lowest BCUT2D eigenvalue weighted by Gasteiger charge is -2.14. The number of halogens is 1. The Kier molecular flexibility index (Phi) is 3.76. The zero-order chi connectivity index (χ0) is 16.7. The number of hydrogen-bond acceptors (Lipinski definition) is 3. The van der Waals surface area contributed by atoms with Gasteiger partial charge in [0.05, 0.1) is 0 Å². The molecule has 4 rings (SSSR count). The fourth-order valence-corrected chi connectivity index (χ4v) is 3.61. The Morgan fingerprint density at radius 2 is 2.17 bits per heavy atom. The van der Waals surface area contributed by atoms with Gasteiger partial charge in [0.25, 0.3) is 5.91 Å². The van der Waals surface area contributed by atoms with Crippen molar-refractivity contribution >= 4 is 29.1 Å². The van der Waals surface area contributed by atoms with E-state index in [4.69, 9.17) is 11.6 Å². The highest BCUT2D eigenvalue weighted by Gasteiger charge is 2.29. The largest absolute Gasteiger partial charge is 0.339 e. The second-order valence-electron chi connectivity index (χ2n) is 6.24. The molecule has 3 N–H and O–H groups in total. The number of anilines is 1. The zero-order valence-corrected chi connectivity index (χ0v) is 13.7. The number of fused-ring (bicyclic) bond motifs is 2. The van der Waals surface area contributed by atoms with Gasteiger partial charge in [-0.1, -0.05) is 11.6 Å². The molecule has 1 aromatic heterocycles. The molecule has 1 atom stereocenters. The van der Waals surface area contributed by atoms with Crippen LogP contribution in [0.1, 0.15) is 40.2 Å². The molecule has 124 valence electrons. The molecule has 0 bridgehead atoms. The molecule has 1 aromatic carbocycles. The van der Waals surface area contributed by atoms with Gasteiger partial charge in [0.15, 0.2) is 5.69 Å². The quantitative estimate of drug-likeness (QED) is 0.780. The molecular formula is C17H17ClN4O2. The first-order chi connectivity index (χ1) is 11.6. The molecule has 0 fully saturated rings. The van der Waals surface area contributed by atoms with E-state index in [1.54, 1.807) is 12.1 Å². The first-order valence-electron chi connectivity index (χ1n) is 8.08. The highest BCUT2D eigenvalue weighted by Crippen LogP contribution is 2.26. The number of aromatic amines is 1. The van der Waals surface area contributed by atoms with E-state index >= 15 is 0 Å². The number of nitrogens with one attached hydrogen (secondary N) is 3. The molecule has 2 amide bonds. The van der Waals surface area contributed by atoms with Gasteiger partial charge >= 0.3 is 0 Å². The van der Waals surface area contributed by atoms with Crippen LogP contribution in [0, 0.1) is 0 Å². The summed E-state index contributed by atoms with van der Waals surface area (Å²) in [6.45, 7) is 0. The van der Waals surface area contributed by atoms with E-state index in [9.17, 15) is 9.59 Å². The minimum Gasteiger partial charge on any atom is -0.339 e. The lowest BCUT2D eigenvalue weighted by atomic mass is 10.1. The Labute approximate surface area is 144 Å². The summed E-state index contributed by atoms with van der Waals surface area (Å²) < 4.78 is 0. The lowest BCUT2D eigenvalue weighted by Crippen LogP contribution is -2.43. The van der Waals surface area contributed by atoms with Crippen molar-refractivity contribution in [2.75, 3.05) is 5.32 Å². The van der Waals surface area contributed by atoms with E-state index in [0.717, 1.165) is 41.8 Å². The topological polar surface area (TPSA) is 86.9 Å². The molecule has 1 aliphatic carbocycles. The number of amides is 2. The third kappa shape index (κ3) is 2.67. The van der Waals surface area contributed by atoms with Crippen molar-refractivity contribution in [3.8, 4) is 0 Å². The Balaban J connectivity index is 1.51. The van der Waals surface area contributed by atoms with E-state index < -0.39 is 6.04 Å². The third-order valence-electron chi connectivity index (χ3n) is 4.67. The van der Waals surface area contributed by atoms with Crippen molar-refractivity contribution in [2.45, 2.75) is 38.1 Å². The first kappa shape index (κ1) is 15.2. The Bertz CT molecular complexity index is 830. The number of carbonyl (C=O) groups is 2.